The predicted octanol–water partition coefficient (Wildman–Crippen LogP) is 4.36. The Morgan fingerprint density at radius 2 is 1.94 bits per heavy atom. The van der Waals surface area contributed by atoms with Gasteiger partial charge in [-0.15, -0.1) is 10.2 Å². The van der Waals surface area contributed by atoms with Crippen LogP contribution >= 0.6 is 0 Å². The fourth-order valence-electron chi connectivity index (χ4n) is 4.02. The van der Waals surface area contributed by atoms with Gasteiger partial charge in [0.05, 0.1) is 24.5 Å². The zero-order chi connectivity index (χ0) is 24.7. The van der Waals surface area contributed by atoms with Gasteiger partial charge < -0.3 is 14.8 Å². The average Bonchev–Trinajstić information content (AvgIpc) is 3.77. The molecular formula is C28H31N5O3. The highest BCUT2D eigenvalue weighted by Crippen LogP contribution is 2.29. The largest absolute Gasteiger partial charge is 0.492 e. The number of nitrogens with zero attached hydrogens (tertiary/aromatic N) is 4. The Balaban J connectivity index is 1.12. The van der Waals surface area contributed by atoms with Crippen LogP contribution in [0.1, 0.15) is 37.4 Å². The summed E-state index contributed by atoms with van der Waals surface area (Å²) in [4.78, 5) is 19.4. The molecule has 1 amide bonds. The highest BCUT2D eigenvalue weighted by Gasteiger charge is 2.25. The minimum atomic E-state index is -0.317. The van der Waals surface area contributed by atoms with Crippen molar-refractivity contribution in [1.82, 2.24) is 20.1 Å². The van der Waals surface area contributed by atoms with E-state index in [9.17, 15) is 4.79 Å². The lowest BCUT2D eigenvalue weighted by atomic mass is 10.0. The van der Waals surface area contributed by atoms with Crippen LogP contribution in [0.15, 0.2) is 66.9 Å². The molecule has 2 aliphatic rings. The van der Waals surface area contributed by atoms with Gasteiger partial charge in [0.2, 0.25) is 11.8 Å². The second kappa shape index (κ2) is 11.3. The summed E-state index contributed by atoms with van der Waals surface area (Å²) < 4.78 is 11.5. The number of benzene rings is 1. The maximum Gasteiger partial charge on any atom is 0.242 e. The number of carbonyl (C=O) groups excluding carboxylic acids is 1. The molecule has 1 aliphatic carbocycles. The molecule has 0 unspecified atom stereocenters. The first-order valence-electron chi connectivity index (χ1n) is 12.5. The van der Waals surface area contributed by atoms with Crippen LogP contribution < -0.4 is 14.8 Å². The number of pyridine rings is 1. The number of anilines is 1. The van der Waals surface area contributed by atoms with E-state index in [0.717, 1.165) is 42.2 Å². The number of rotatable bonds is 10. The van der Waals surface area contributed by atoms with E-state index < -0.39 is 0 Å². The third-order valence-corrected chi connectivity index (χ3v) is 6.48. The van der Waals surface area contributed by atoms with Crippen molar-refractivity contribution in [2.75, 3.05) is 25.0 Å². The molecule has 0 saturated heterocycles. The van der Waals surface area contributed by atoms with Crippen molar-refractivity contribution in [1.29, 1.82) is 0 Å². The monoisotopic (exact) mass is 485 g/mol. The Hall–Kier alpha value is -3.78. The molecule has 1 N–H and O–H groups in total. The van der Waals surface area contributed by atoms with Crippen LogP contribution in [-0.4, -0.2) is 51.7 Å². The first-order chi connectivity index (χ1) is 17.6. The van der Waals surface area contributed by atoms with Gasteiger partial charge >= 0.3 is 0 Å². The fraction of sp³-hybridized carbons (Fsp3) is 0.357. The van der Waals surface area contributed by atoms with Gasteiger partial charge in [-0.3, -0.25) is 9.69 Å². The SMILES string of the molecule is C[C@@H](C(=O)Nc1ccc(OCC2CC2)cn1)N1CCC=C(c2ccc(OCc3ccccc3)nn2)C1. The van der Waals surface area contributed by atoms with Gasteiger partial charge in [-0.25, -0.2) is 4.98 Å². The minimum absolute atomic E-state index is 0.0915. The summed E-state index contributed by atoms with van der Waals surface area (Å²) in [6, 6.07) is 17.0. The number of amides is 1. The van der Waals surface area contributed by atoms with Crippen LogP contribution in [0, 0.1) is 5.92 Å². The molecule has 1 saturated carbocycles. The van der Waals surface area contributed by atoms with E-state index in [0.29, 0.717) is 30.8 Å². The summed E-state index contributed by atoms with van der Waals surface area (Å²) in [6.45, 7) is 4.52. The molecule has 8 nitrogen and oxygen atoms in total. The lowest BCUT2D eigenvalue weighted by Gasteiger charge is -2.31. The molecule has 1 aliphatic heterocycles. The number of carbonyl (C=O) groups is 1. The normalized spacial score (nSPS) is 16.6. The number of hydrogen-bond acceptors (Lipinski definition) is 7. The van der Waals surface area contributed by atoms with Crippen molar-refractivity contribution in [3.8, 4) is 11.6 Å². The molecule has 8 heteroatoms. The Kier molecular flexibility index (Phi) is 7.52. The molecule has 3 aromatic rings. The van der Waals surface area contributed by atoms with Crippen molar-refractivity contribution in [3.63, 3.8) is 0 Å². The van der Waals surface area contributed by atoms with Crippen molar-refractivity contribution >= 4 is 17.3 Å². The summed E-state index contributed by atoms with van der Waals surface area (Å²) >= 11 is 0. The average molecular weight is 486 g/mol. The van der Waals surface area contributed by atoms with Crippen LogP contribution in [0.5, 0.6) is 11.6 Å². The lowest BCUT2D eigenvalue weighted by Crippen LogP contribution is -2.44. The Labute approximate surface area is 211 Å². The standard InChI is InChI=1S/C28H31N5O3/c1-20(28(34)30-26-13-11-24(16-29-26)35-18-22-9-10-22)33-15-5-8-23(17-33)25-12-14-27(32-31-25)36-19-21-6-3-2-4-7-21/h2-4,6-8,11-14,16,20,22H,5,9-10,15,17-19H2,1H3,(H,29,30,34)/t20-/m0/s1. The summed E-state index contributed by atoms with van der Waals surface area (Å²) in [5.41, 5.74) is 2.93. The topological polar surface area (TPSA) is 89.5 Å². The van der Waals surface area contributed by atoms with E-state index in [2.05, 4.69) is 31.5 Å². The fourth-order valence-corrected chi connectivity index (χ4v) is 4.02. The van der Waals surface area contributed by atoms with Crippen molar-refractivity contribution in [3.05, 3.63) is 78.1 Å². The quantitative estimate of drug-likeness (QED) is 0.456. The molecule has 5 rings (SSSR count). The van der Waals surface area contributed by atoms with E-state index in [-0.39, 0.29) is 11.9 Å². The van der Waals surface area contributed by atoms with Gasteiger partial charge in [0.25, 0.3) is 0 Å². The van der Waals surface area contributed by atoms with E-state index in [1.807, 2.05) is 55.5 Å². The number of aromatic nitrogens is 3. The molecular weight excluding hydrogens is 454 g/mol. The Bertz CT molecular complexity index is 1180. The number of nitrogens with one attached hydrogen (secondary N) is 1. The van der Waals surface area contributed by atoms with Crippen molar-refractivity contribution < 1.29 is 14.3 Å². The number of ether oxygens (including phenoxy) is 2. The highest BCUT2D eigenvalue weighted by atomic mass is 16.5. The van der Waals surface area contributed by atoms with E-state index in [4.69, 9.17) is 9.47 Å². The van der Waals surface area contributed by atoms with Gasteiger partial charge in [-0.2, -0.15) is 0 Å². The summed E-state index contributed by atoms with van der Waals surface area (Å²) in [5.74, 6) is 2.34. The lowest BCUT2D eigenvalue weighted by molar-refractivity contribution is -0.120. The third kappa shape index (κ3) is 6.46. The van der Waals surface area contributed by atoms with Crippen molar-refractivity contribution in [2.24, 2.45) is 5.92 Å². The Morgan fingerprint density at radius 1 is 1.08 bits per heavy atom. The molecule has 36 heavy (non-hydrogen) atoms. The molecule has 0 spiro atoms. The van der Waals surface area contributed by atoms with Crippen LogP contribution in [0.4, 0.5) is 5.82 Å². The minimum Gasteiger partial charge on any atom is -0.492 e. The second-order valence-corrected chi connectivity index (χ2v) is 9.32. The molecule has 3 heterocycles. The second-order valence-electron chi connectivity index (χ2n) is 9.32. The van der Waals surface area contributed by atoms with Gasteiger partial charge in [0.1, 0.15) is 18.2 Å². The molecule has 0 radical (unpaired) electrons. The van der Waals surface area contributed by atoms with Gasteiger partial charge in [0.15, 0.2) is 0 Å². The van der Waals surface area contributed by atoms with Crippen LogP contribution in [0.2, 0.25) is 0 Å². The van der Waals surface area contributed by atoms with Crippen LogP contribution in [0.25, 0.3) is 5.57 Å². The highest BCUT2D eigenvalue weighted by molar-refractivity contribution is 5.94. The van der Waals surface area contributed by atoms with Crippen LogP contribution in [0.3, 0.4) is 0 Å². The summed E-state index contributed by atoms with van der Waals surface area (Å²) in [7, 11) is 0. The van der Waals surface area contributed by atoms with E-state index in [1.54, 1.807) is 12.3 Å². The molecule has 2 aromatic heterocycles. The van der Waals surface area contributed by atoms with Crippen molar-refractivity contribution in [2.45, 2.75) is 38.8 Å². The zero-order valence-corrected chi connectivity index (χ0v) is 20.5. The maximum absolute atomic E-state index is 12.9. The first-order valence-corrected chi connectivity index (χ1v) is 12.5. The number of hydrogen-bond donors (Lipinski definition) is 1. The van der Waals surface area contributed by atoms with Gasteiger partial charge in [0, 0.05) is 19.2 Å². The molecule has 0 bridgehead atoms. The van der Waals surface area contributed by atoms with E-state index >= 15 is 0 Å². The molecule has 1 fully saturated rings. The van der Waals surface area contributed by atoms with Crippen LogP contribution in [-0.2, 0) is 11.4 Å². The smallest absolute Gasteiger partial charge is 0.242 e. The third-order valence-electron chi connectivity index (χ3n) is 6.48. The zero-order valence-electron chi connectivity index (χ0n) is 20.5. The van der Waals surface area contributed by atoms with Gasteiger partial charge in [-0.1, -0.05) is 36.4 Å². The van der Waals surface area contributed by atoms with Gasteiger partial charge in [-0.05, 0) is 61.4 Å². The maximum atomic E-state index is 12.9. The first kappa shape index (κ1) is 23.9. The molecule has 186 valence electrons. The molecule has 1 aromatic carbocycles. The predicted molar refractivity (Wildman–Crippen MR) is 138 cm³/mol. The molecule has 1 atom stereocenters. The Morgan fingerprint density at radius 3 is 2.67 bits per heavy atom. The van der Waals surface area contributed by atoms with E-state index in [1.165, 1.54) is 12.8 Å². The summed E-state index contributed by atoms with van der Waals surface area (Å²) in [6.07, 6.45) is 7.15. The summed E-state index contributed by atoms with van der Waals surface area (Å²) in [5, 5.41) is 11.5.